The third-order valence-corrected chi connectivity index (χ3v) is 5.35. The summed E-state index contributed by atoms with van der Waals surface area (Å²) in [6.07, 6.45) is 0.524. The van der Waals surface area contributed by atoms with Crippen LogP contribution in [0, 0.1) is 6.92 Å². The van der Waals surface area contributed by atoms with Gasteiger partial charge < -0.3 is 9.47 Å². The van der Waals surface area contributed by atoms with Gasteiger partial charge in [-0.3, -0.25) is 4.72 Å². The van der Waals surface area contributed by atoms with Gasteiger partial charge >= 0.3 is 12.1 Å². The number of ether oxygens (including phenoxy) is 2. The Labute approximate surface area is 193 Å². The van der Waals surface area contributed by atoms with Crippen molar-refractivity contribution in [1.29, 1.82) is 0 Å². The first kappa shape index (κ1) is 24.3. The molecule has 1 N–H and O–H groups in total. The van der Waals surface area contributed by atoms with Gasteiger partial charge in [0.2, 0.25) is 10.0 Å². The standard InChI is InChI=1S/C24H28N2O6S/c1-7-31-22(27)17-11-12-20-19(14-17)21(15(2)26(20)23(28)32-24(3,4)5)16-9-8-10-18(13-16)25-33(6,29)30/h8-14,25H,7H2,1-6H3. The summed E-state index contributed by atoms with van der Waals surface area (Å²) in [7, 11) is -3.47. The number of carbonyl (C=O) groups excluding carboxylic acids is 2. The van der Waals surface area contributed by atoms with Gasteiger partial charge in [-0.05, 0) is 70.5 Å². The number of fused-ring (bicyclic) bond motifs is 1. The second kappa shape index (κ2) is 8.90. The molecule has 8 nitrogen and oxygen atoms in total. The Bertz CT molecular complexity index is 1330. The van der Waals surface area contributed by atoms with Gasteiger partial charge in [0.1, 0.15) is 5.60 Å². The zero-order chi connectivity index (χ0) is 24.6. The van der Waals surface area contributed by atoms with Crippen molar-refractivity contribution in [2.75, 3.05) is 17.6 Å². The molecule has 0 amide bonds. The van der Waals surface area contributed by atoms with Crippen molar-refractivity contribution in [1.82, 2.24) is 4.57 Å². The van der Waals surface area contributed by atoms with E-state index in [9.17, 15) is 18.0 Å². The van der Waals surface area contributed by atoms with E-state index in [1.165, 1.54) is 4.57 Å². The van der Waals surface area contributed by atoms with Crippen molar-refractivity contribution in [3.8, 4) is 11.1 Å². The highest BCUT2D eigenvalue weighted by Gasteiger charge is 2.25. The van der Waals surface area contributed by atoms with Gasteiger partial charge in [0.25, 0.3) is 0 Å². The van der Waals surface area contributed by atoms with Crippen molar-refractivity contribution in [2.24, 2.45) is 0 Å². The van der Waals surface area contributed by atoms with Crippen molar-refractivity contribution in [2.45, 2.75) is 40.2 Å². The summed E-state index contributed by atoms with van der Waals surface area (Å²) in [5, 5.41) is 0.639. The summed E-state index contributed by atoms with van der Waals surface area (Å²) >= 11 is 0. The maximum Gasteiger partial charge on any atom is 0.419 e. The number of nitrogens with zero attached hydrogens (tertiary/aromatic N) is 1. The van der Waals surface area contributed by atoms with E-state index in [0.717, 1.165) is 6.26 Å². The molecule has 0 atom stereocenters. The molecule has 0 spiro atoms. The molecule has 0 unspecified atom stereocenters. The SMILES string of the molecule is CCOC(=O)c1ccc2c(c1)c(-c1cccc(NS(C)(=O)=O)c1)c(C)n2C(=O)OC(C)(C)C. The van der Waals surface area contributed by atoms with Crippen molar-refractivity contribution < 1.29 is 27.5 Å². The molecule has 0 aliphatic rings. The van der Waals surface area contributed by atoms with Crippen LogP contribution in [0.1, 0.15) is 43.7 Å². The van der Waals surface area contributed by atoms with Crippen LogP contribution in [-0.2, 0) is 19.5 Å². The highest BCUT2D eigenvalue weighted by molar-refractivity contribution is 7.92. The Hall–Kier alpha value is -3.33. The second-order valence-electron chi connectivity index (χ2n) is 8.68. The van der Waals surface area contributed by atoms with Crippen LogP contribution in [0.3, 0.4) is 0 Å². The van der Waals surface area contributed by atoms with Crippen molar-refractivity contribution in [3.63, 3.8) is 0 Å². The monoisotopic (exact) mass is 472 g/mol. The van der Waals surface area contributed by atoms with E-state index in [2.05, 4.69) is 4.72 Å². The van der Waals surface area contributed by atoms with Crippen molar-refractivity contribution >= 4 is 38.7 Å². The van der Waals surface area contributed by atoms with E-state index in [1.807, 2.05) is 6.07 Å². The van der Waals surface area contributed by atoms with Gasteiger partial charge in [0.15, 0.2) is 0 Å². The molecule has 0 saturated carbocycles. The minimum atomic E-state index is -3.47. The van der Waals surface area contributed by atoms with Crippen LogP contribution in [0.2, 0.25) is 0 Å². The normalized spacial score (nSPS) is 11.9. The predicted molar refractivity (Wildman–Crippen MR) is 128 cm³/mol. The summed E-state index contributed by atoms with van der Waals surface area (Å²) in [5.41, 5.74) is 2.54. The van der Waals surface area contributed by atoms with E-state index < -0.39 is 27.7 Å². The molecule has 2 aromatic carbocycles. The average Bonchev–Trinajstić information content (AvgIpc) is 2.96. The van der Waals surface area contributed by atoms with Gasteiger partial charge in [0, 0.05) is 22.3 Å². The number of nitrogens with one attached hydrogen (secondary N) is 1. The van der Waals surface area contributed by atoms with E-state index in [-0.39, 0.29) is 6.61 Å². The topological polar surface area (TPSA) is 104 Å². The second-order valence-corrected chi connectivity index (χ2v) is 10.4. The number of esters is 1. The summed E-state index contributed by atoms with van der Waals surface area (Å²) in [6, 6.07) is 11.8. The quantitative estimate of drug-likeness (QED) is 0.527. The molecule has 0 aliphatic heterocycles. The fraction of sp³-hybridized carbons (Fsp3) is 0.333. The lowest BCUT2D eigenvalue weighted by Crippen LogP contribution is -2.27. The molecular weight excluding hydrogens is 444 g/mol. The molecule has 3 aromatic rings. The van der Waals surface area contributed by atoms with Crippen LogP contribution in [0.25, 0.3) is 22.0 Å². The highest BCUT2D eigenvalue weighted by Crippen LogP contribution is 2.37. The Morgan fingerprint density at radius 3 is 2.39 bits per heavy atom. The smallest absolute Gasteiger partial charge is 0.419 e. The number of sulfonamides is 1. The maximum absolute atomic E-state index is 13.1. The van der Waals surface area contributed by atoms with Gasteiger partial charge in [-0.1, -0.05) is 12.1 Å². The molecule has 1 heterocycles. The first-order valence-electron chi connectivity index (χ1n) is 10.4. The minimum Gasteiger partial charge on any atom is -0.462 e. The number of rotatable bonds is 5. The number of hydrogen-bond donors (Lipinski definition) is 1. The maximum atomic E-state index is 13.1. The molecule has 0 saturated heterocycles. The summed E-state index contributed by atoms with van der Waals surface area (Å²) in [5.74, 6) is -0.472. The number of anilines is 1. The third kappa shape index (κ3) is 5.54. The Morgan fingerprint density at radius 2 is 1.79 bits per heavy atom. The number of benzene rings is 2. The van der Waals surface area contributed by atoms with Crippen LogP contribution < -0.4 is 4.72 Å². The van der Waals surface area contributed by atoms with E-state index in [1.54, 1.807) is 71.0 Å². The lowest BCUT2D eigenvalue weighted by molar-refractivity contribution is 0.0522. The fourth-order valence-corrected chi connectivity index (χ4v) is 4.17. The van der Waals surface area contributed by atoms with Crippen molar-refractivity contribution in [3.05, 3.63) is 53.7 Å². The summed E-state index contributed by atoms with van der Waals surface area (Å²) < 4.78 is 38.1. The lowest BCUT2D eigenvalue weighted by atomic mass is 10.0. The average molecular weight is 473 g/mol. The highest BCUT2D eigenvalue weighted by atomic mass is 32.2. The molecule has 9 heteroatoms. The largest absolute Gasteiger partial charge is 0.462 e. The molecular formula is C24H28N2O6S. The van der Waals surface area contributed by atoms with Crippen LogP contribution in [0.15, 0.2) is 42.5 Å². The molecule has 33 heavy (non-hydrogen) atoms. The molecule has 0 fully saturated rings. The summed E-state index contributed by atoms with van der Waals surface area (Å²) in [4.78, 5) is 25.4. The van der Waals surface area contributed by atoms with Gasteiger partial charge in [-0.25, -0.2) is 22.6 Å². The minimum absolute atomic E-state index is 0.237. The summed E-state index contributed by atoms with van der Waals surface area (Å²) in [6.45, 7) is 9.09. The Morgan fingerprint density at radius 1 is 1.09 bits per heavy atom. The van der Waals surface area contributed by atoms with Gasteiger partial charge in [-0.15, -0.1) is 0 Å². The Balaban J connectivity index is 2.27. The van der Waals surface area contributed by atoms with Gasteiger partial charge in [0.05, 0.1) is 23.9 Å². The number of aromatic nitrogens is 1. The van der Waals surface area contributed by atoms with E-state index in [0.29, 0.717) is 39.0 Å². The van der Waals surface area contributed by atoms with Crippen LogP contribution in [0.5, 0.6) is 0 Å². The lowest BCUT2D eigenvalue weighted by Gasteiger charge is -2.20. The molecule has 0 bridgehead atoms. The van der Waals surface area contributed by atoms with Crippen LogP contribution in [-0.4, -0.2) is 43.5 Å². The zero-order valence-electron chi connectivity index (χ0n) is 19.6. The predicted octanol–water partition coefficient (Wildman–Crippen LogP) is 4.95. The Kier molecular flexibility index (Phi) is 6.56. The van der Waals surface area contributed by atoms with Crippen LogP contribution >= 0.6 is 0 Å². The molecule has 0 radical (unpaired) electrons. The van der Waals surface area contributed by atoms with Gasteiger partial charge in [-0.2, -0.15) is 0 Å². The number of carbonyl (C=O) groups is 2. The molecule has 176 valence electrons. The molecule has 3 rings (SSSR count). The molecule has 0 aliphatic carbocycles. The first-order valence-corrected chi connectivity index (χ1v) is 12.3. The van der Waals surface area contributed by atoms with E-state index in [4.69, 9.17) is 9.47 Å². The fourth-order valence-electron chi connectivity index (χ4n) is 3.62. The third-order valence-electron chi connectivity index (χ3n) is 4.75. The van der Waals surface area contributed by atoms with E-state index >= 15 is 0 Å². The van der Waals surface area contributed by atoms with Crippen LogP contribution in [0.4, 0.5) is 10.5 Å². The first-order chi connectivity index (χ1) is 15.3. The zero-order valence-corrected chi connectivity index (χ0v) is 20.4. The number of hydrogen-bond acceptors (Lipinski definition) is 6. The molecule has 1 aromatic heterocycles.